The first kappa shape index (κ1) is 14.3. The number of hydrogen-bond acceptors (Lipinski definition) is 3. The molecule has 0 aliphatic carbocycles. The van der Waals surface area contributed by atoms with Crippen LogP contribution in [0, 0.1) is 13.8 Å². The highest BCUT2D eigenvalue weighted by Crippen LogP contribution is 2.16. The highest BCUT2D eigenvalue weighted by molar-refractivity contribution is 5.98. The third kappa shape index (κ3) is 2.91. The molecule has 0 aliphatic heterocycles. The quantitative estimate of drug-likeness (QED) is 0.851. The summed E-state index contributed by atoms with van der Waals surface area (Å²) in [5, 5.41) is 8.96. The third-order valence-electron chi connectivity index (χ3n) is 3.55. The average molecular weight is 273 g/mol. The van der Waals surface area contributed by atoms with E-state index in [0.717, 1.165) is 17.0 Å². The Balaban J connectivity index is 2.02. The largest absolute Gasteiger partial charge is 0.485 e. The van der Waals surface area contributed by atoms with Crippen molar-refractivity contribution in [3.05, 3.63) is 52.8 Å². The van der Waals surface area contributed by atoms with Gasteiger partial charge in [-0.25, -0.2) is 0 Å². The average Bonchev–Trinajstić information content (AvgIpc) is 2.73. The predicted octanol–water partition coefficient (Wildman–Crippen LogP) is 2.40. The Bertz CT molecular complexity index is 611. The Morgan fingerprint density at radius 2 is 1.90 bits per heavy atom. The zero-order valence-corrected chi connectivity index (χ0v) is 12.0. The van der Waals surface area contributed by atoms with E-state index in [1.54, 1.807) is 24.3 Å². The van der Waals surface area contributed by atoms with Crippen molar-refractivity contribution in [1.82, 2.24) is 4.57 Å². The Hall–Kier alpha value is -2.07. The molecule has 0 aliphatic rings. The number of nitrogens with zero attached hydrogens (tertiary/aromatic N) is 1. The number of ether oxygens (including phenoxy) is 1. The molecule has 0 bridgehead atoms. The third-order valence-corrected chi connectivity index (χ3v) is 3.55. The molecule has 4 heteroatoms. The lowest BCUT2D eigenvalue weighted by atomic mass is 10.1. The summed E-state index contributed by atoms with van der Waals surface area (Å²) in [5.41, 5.74) is 3.53. The minimum Gasteiger partial charge on any atom is -0.485 e. The molecule has 1 aromatic heterocycles. The molecule has 0 atom stereocenters. The summed E-state index contributed by atoms with van der Waals surface area (Å²) >= 11 is 0. The first-order chi connectivity index (χ1) is 9.52. The van der Waals surface area contributed by atoms with Gasteiger partial charge in [0.05, 0.1) is 6.61 Å². The first-order valence-corrected chi connectivity index (χ1v) is 6.51. The van der Waals surface area contributed by atoms with Crippen LogP contribution >= 0.6 is 0 Å². The molecule has 2 aromatic rings. The molecule has 0 saturated heterocycles. The molecular formula is C16H19NO3. The molecule has 1 N–H and O–H groups in total. The van der Waals surface area contributed by atoms with Crippen LogP contribution in [0.15, 0.2) is 30.3 Å². The van der Waals surface area contributed by atoms with E-state index in [-0.39, 0.29) is 19.0 Å². The minimum absolute atomic E-state index is 0.00168. The Kier molecular flexibility index (Phi) is 4.25. The number of aryl methyl sites for hydroxylation is 1. The fourth-order valence-electron chi connectivity index (χ4n) is 2.06. The van der Waals surface area contributed by atoms with Crippen molar-refractivity contribution in [2.24, 2.45) is 7.05 Å². The van der Waals surface area contributed by atoms with Crippen LogP contribution in [0.25, 0.3) is 0 Å². The number of aliphatic hydroxyl groups is 1. The summed E-state index contributed by atoms with van der Waals surface area (Å²) in [5.74, 6) is 0.596. The smallest absolute Gasteiger partial charge is 0.202 e. The lowest BCUT2D eigenvalue weighted by molar-refractivity contribution is 0.0920. The monoisotopic (exact) mass is 273 g/mol. The molecule has 4 nitrogen and oxygen atoms in total. The topological polar surface area (TPSA) is 51.5 Å². The second-order valence-corrected chi connectivity index (χ2v) is 4.86. The van der Waals surface area contributed by atoms with Gasteiger partial charge >= 0.3 is 0 Å². The van der Waals surface area contributed by atoms with Crippen LogP contribution in [0.5, 0.6) is 5.75 Å². The van der Waals surface area contributed by atoms with Gasteiger partial charge in [0.15, 0.2) is 6.61 Å². The second-order valence-electron chi connectivity index (χ2n) is 4.86. The van der Waals surface area contributed by atoms with Crippen LogP contribution in [0.1, 0.15) is 27.3 Å². The molecule has 0 unspecified atom stereocenters. The Morgan fingerprint density at radius 1 is 1.25 bits per heavy atom. The predicted molar refractivity (Wildman–Crippen MR) is 77.1 cm³/mol. The number of carbonyl (C=O) groups is 1. The number of benzene rings is 1. The highest BCUT2D eigenvalue weighted by atomic mass is 16.5. The first-order valence-electron chi connectivity index (χ1n) is 6.51. The maximum atomic E-state index is 12.1. The SMILES string of the molecule is Cc1cc(C(=O)COc2ccc(CO)cc2)c(C)n1C. The number of aromatic nitrogens is 1. The van der Waals surface area contributed by atoms with E-state index in [1.807, 2.05) is 31.5 Å². The zero-order valence-electron chi connectivity index (χ0n) is 12.0. The van der Waals surface area contributed by atoms with E-state index in [2.05, 4.69) is 0 Å². The summed E-state index contributed by atoms with van der Waals surface area (Å²) < 4.78 is 7.47. The van der Waals surface area contributed by atoms with E-state index in [0.29, 0.717) is 11.3 Å². The summed E-state index contributed by atoms with van der Waals surface area (Å²) in [6, 6.07) is 8.94. The number of aliphatic hydroxyl groups excluding tert-OH is 1. The van der Waals surface area contributed by atoms with Crippen LogP contribution in [-0.4, -0.2) is 22.1 Å². The molecule has 0 amide bonds. The molecule has 0 spiro atoms. The van der Waals surface area contributed by atoms with E-state index >= 15 is 0 Å². The van der Waals surface area contributed by atoms with Crippen molar-refractivity contribution in [2.75, 3.05) is 6.61 Å². The lowest BCUT2D eigenvalue weighted by Crippen LogP contribution is -2.12. The van der Waals surface area contributed by atoms with Crippen LogP contribution in [0.4, 0.5) is 0 Å². The maximum Gasteiger partial charge on any atom is 0.202 e. The highest BCUT2D eigenvalue weighted by Gasteiger charge is 2.14. The minimum atomic E-state index is -0.0302. The van der Waals surface area contributed by atoms with Gasteiger partial charge in [0.25, 0.3) is 0 Å². The van der Waals surface area contributed by atoms with Gasteiger partial charge in [-0.15, -0.1) is 0 Å². The van der Waals surface area contributed by atoms with Gasteiger partial charge in [-0.05, 0) is 37.6 Å². The Morgan fingerprint density at radius 3 is 2.40 bits per heavy atom. The van der Waals surface area contributed by atoms with E-state index in [1.165, 1.54) is 0 Å². The Labute approximate surface area is 118 Å². The van der Waals surface area contributed by atoms with Gasteiger partial charge in [0, 0.05) is 24.0 Å². The number of hydrogen-bond donors (Lipinski definition) is 1. The van der Waals surface area contributed by atoms with Crippen molar-refractivity contribution in [2.45, 2.75) is 20.5 Å². The van der Waals surface area contributed by atoms with Crippen LogP contribution in [0.3, 0.4) is 0 Å². The molecule has 0 radical (unpaired) electrons. The van der Waals surface area contributed by atoms with Crippen LogP contribution in [0.2, 0.25) is 0 Å². The zero-order chi connectivity index (χ0) is 14.7. The van der Waals surface area contributed by atoms with Gasteiger partial charge in [-0.3, -0.25) is 4.79 Å². The fraction of sp³-hybridized carbons (Fsp3) is 0.312. The number of ketones is 1. The molecule has 20 heavy (non-hydrogen) atoms. The molecule has 0 fully saturated rings. The molecule has 106 valence electrons. The number of rotatable bonds is 5. The molecule has 1 heterocycles. The number of Topliss-reactive ketones (excluding diaryl/α,β-unsaturated/α-hetero) is 1. The molecule has 0 saturated carbocycles. The summed E-state index contributed by atoms with van der Waals surface area (Å²) in [4.78, 5) is 12.1. The maximum absolute atomic E-state index is 12.1. The molecule has 2 rings (SSSR count). The van der Waals surface area contributed by atoms with Crippen LogP contribution < -0.4 is 4.74 Å². The van der Waals surface area contributed by atoms with E-state index in [4.69, 9.17) is 9.84 Å². The normalized spacial score (nSPS) is 10.6. The van der Waals surface area contributed by atoms with Crippen molar-refractivity contribution < 1.29 is 14.6 Å². The molecule has 1 aromatic carbocycles. The van der Waals surface area contributed by atoms with Gasteiger partial charge in [-0.2, -0.15) is 0 Å². The van der Waals surface area contributed by atoms with Crippen molar-refractivity contribution in [3.8, 4) is 5.75 Å². The van der Waals surface area contributed by atoms with Crippen molar-refractivity contribution >= 4 is 5.78 Å². The molecular weight excluding hydrogens is 254 g/mol. The van der Waals surface area contributed by atoms with Gasteiger partial charge in [0.1, 0.15) is 5.75 Å². The second kappa shape index (κ2) is 5.92. The van der Waals surface area contributed by atoms with Crippen LogP contribution in [-0.2, 0) is 13.7 Å². The fourth-order valence-corrected chi connectivity index (χ4v) is 2.06. The summed E-state index contributed by atoms with van der Waals surface area (Å²) in [6.07, 6.45) is 0. The summed E-state index contributed by atoms with van der Waals surface area (Å²) in [7, 11) is 1.94. The van der Waals surface area contributed by atoms with Crippen molar-refractivity contribution in [1.29, 1.82) is 0 Å². The van der Waals surface area contributed by atoms with Gasteiger partial charge in [0.2, 0.25) is 5.78 Å². The summed E-state index contributed by atoms with van der Waals surface area (Å²) in [6.45, 7) is 3.92. The van der Waals surface area contributed by atoms with Gasteiger partial charge in [-0.1, -0.05) is 12.1 Å². The van der Waals surface area contributed by atoms with Crippen molar-refractivity contribution in [3.63, 3.8) is 0 Å². The lowest BCUT2D eigenvalue weighted by Gasteiger charge is -2.06. The van der Waals surface area contributed by atoms with E-state index in [9.17, 15) is 4.79 Å². The number of carbonyl (C=O) groups excluding carboxylic acids is 1. The van der Waals surface area contributed by atoms with Gasteiger partial charge < -0.3 is 14.4 Å². The van der Waals surface area contributed by atoms with E-state index < -0.39 is 0 Å². The standard InChI is InChI=1S/C16H19NO3/c1-11-8-15(12(2)17(11)3)16(19)10-20-14-6-4-13(9-18)5-7-14/h4-8,18H,9-10H2,1-3H3.